The molecule has 1 saturated heterocycles. The predicted molar refractivity (Wildman–Crippen MR) is 63.6 cm³/mol. The summed E-state index contributed by atoms with van der Waals surface area (Å²) in [4.78, 5) is 17.3. The topological polar surface area (TPSA) is 58.4 Å². The molecule has 1 aliphatic heterocycles. The molecule has 0 saturated carbocycles. The fourth-order valence-corrected chi connectivity index (χ4v) is 2.44. The van der Waals surface area contributed by atoms with Crippen LogP contribution in [0.25, 0.3) is 0 Å². The Morgan fingerprint density at radius 3 is 2.94 bits per heavy atom. The monoisotopic (exact) mass is 237 g/mol. The van der Waals surface area contributed by atoms with E-state index in [-0.39, 0.29) is 5.92 Å². The van der Waals surface area contributed by atoms with Crippen molar-refractivity contribution in [2.75, 3.05) is 13.1 Å². The van der Waals surface area contributed by atoms with E-state index in [0.717, 1.165) is 32.5 Å². The van der Waals surface area contributed by atoms with Crippen LogP contribution in [0.3, 0.4) is 0 Å². The largest absolute Gasteiger partial charge is 0.481 e. The normalized spacial score (nSPS) is 25.9. The van der Waals surface area contributed by atoms with E-state index in [1.54, 1.807) is 6.20 Å². The first-order chi connectivity index (χ1) is 8.16. The highest BCUT2D eigenvalue weighted by Crippen LogP contribution is 2.22. The maximum Gasteiger partial charge on any atom is 0.306 e. The fourth-order valence-electron chi connectivity index (χ4n) is 2.44. The van der Waals surface area contributed by atoms with Crippen molar-refractivity contribution in [2.24, 2.45) is 5.92 Å². The molecule has 1 aromatic heterocycles. The Morgan fingerprint density at radius 2 is 2.35 bits per heavy atom. The van der Waals surface area contributed by atoms with Gasteiger partial charge < -0.3 is 9.67 Å². The number of aromatic nitrogens is 2. The van der Waals surface area contributed by atoms with Crippen LogP contribution in [0.4, 0.5) is 0 Å². The second kappa shape index (κ2) is 5.31. The minimum atomic E-state index is -0.647. The van der Waals surface area contributed by atoms with E-state index in [4.69, 9.17) is 5.11 Å². The van der Waals surface area contributed by atoms with Crippen LogP contribution < -0.4 is 0 Å². The average Bonchev–Trinajstić information content (AvgIpc) is 2.80. The number of carbonyl (C=O) groups is 1. The number of aliphatic carboxylic acids is 1. The number of imidazole rings is 1. The zero-order valence-corrected chi connectivity index (χ0v) is 10.1. The smallest absolute Gasteiger partial charge is 0.306 e. The maximum absolute atomic E-state index is 10.9. The Balaban J connectivity index is 1.81. The van der Waals surface area contributed by atoms with Gasteiger partial charge in [-0.15, -0.1) is 0 Å². The lowest BCUT2D eigenvalue weighted by molar-refractivity contribution is -0.144. The number of rotatable bonds is 4. The van der Waals surface area contributed by atoms with Crippen molar-refractivity contribution < 1.29 is 9.90 Å². The summed E-state index contributed by atoms with van der Waals surface area (Å²) in [6, 6.07) is 0.355. The quantitative estimate of drug-likeness (QED) is 0.851. The van der Waals surface area contributed by atoms with Crippen molar-refractivity contribution in [1.82, 2.24) is 14.5 Å². The number of carboxylic acid groups (broad SMARTS) is 1. The molecule has 17 heavy (non-hydrogen) atoms. The van der Waals surface area contributed by atoms with Crippen molar-refractivity contribution in [3.63, 3.8) is 0 Å². The first kappa shape index (κ1) is 12.1. The maximum atomic E-state index is 10.9. The van der Waals surface area contributed by atoms with Crippen LogP contribution in [0, 0.1) is 5.92 Å². The van der Waals surface area contributed by atoms with Gasteiger partial charge in [0.1, 0.15) is 0 Å². The summed E-state index contributed by atoms with van der Waals surface area (Å²) >= 11 is 0. The summed E-state index contributed by atoms with van der Waals surface area (Å²) in [5, 5.41) is 8.99. The van der Waals surface area contributed by atoms with Crippen LogP contribution >= 0.6 is 0 Å². The molecule has 0 amide bonds. The number of hydrogen-bond donors (Lipinski definition) is 1. The fraction of sp³-hybridized carbons (Fsp3) is 0.667. The summed E-state index contributed by atoms with van der Waals surface area (Å²) in [5.41, 5.74) is 0. The molecule has 0 radical (unpaired) electrons. The van der Waals surface area contributed by atoms with Crippen LogP contribution in [-0.2, 0) is 11.3 Å². The van der Waals surface area contributed by atoms with Gasteiger partial charge in [0.05, 0.1) is 12.2 Å². The number of carboxylic acids is 1. The minimum absolute atomic E-state index is 0.158. The Labute approximate surface area is 101 Å². The van der Waals surface area contributed by atoms with E-state index < -0.39 is 5.97 Å². The Hall–Kier alpha value is -1.36. The van der Waals surface area contributed by atoms with Gasteiger partial charge in [0.25, 0.3) is 0 Å². The highest BCUT2D eigenvalue weighted by Gasteiger charge is 2.29. The highest BCUT2D eigenvalue weighted by atomic mass is 16.4. The first-order valence-electron chi connectivity index (χ1n) is 6.09. The molecule has 0 spiro atoms. The van der Waals surface area contributed by atoms with Gasteiger partial charge in [-0.05, 0) is 26.3 Å². The SMILES string of the molecule is CC1CC(C(=O)O)CCN1CCn1ccnc1. The molecular weight excluding hydrogens is 218 g/mol. The Bertz CT molecular complexity index is 364. The van der Waals surface area contributed by atoms with E-state index in [0.29, 0.717) is 6.04 Å². The standard InChI is InChI=1S/C12H19N3O2/c1-10-8-11(12(16)17)2-4-15(10)7-6-14-5-3-13-9-14/h3,5,9-11H,2,4,6-8H2,1H3,(H,16,17). The minimum Gasteiger partial charge on any atom is -0.481 e. The number of piperidine rings is 1. The summed E-state index contributed by atoms with van der Waals surface area (Å²) in [7, 11) is 0. The molecule has 1 fully saturated rings. The summed E-state index contributed by atoms with van der Waals surface area (Å²) < 4.78 is 2.05. The molecule has 1 N–H and O–H groups in total. The first-order valence-corrected chi connectivity index (χ1v) is 6.09. The lowest BCUT2D eigenvalue weighted by Crippen LogP contribution is -2.43. The third kappa shape index (κ3) is 3.06. The van der Waals surface area contributed by atoms with E-state index in [1.165, 1.54) is 0 Å². The van der Waals surface area contributed by atoms with Gasteiger partial charge in [-0.1, -0.05) is 0 Å². The molecule has 2 rings (SSSR count). The molecule has 2 heterocycles. The molecular formula is C12H19N3O2. The van der Waals surface area contributed by atoms with E-state index >= 15 is 0 Å². The van der Waals surface area contributed by atoms with Crippen LogP contribution in [0.5, 0.6) is 0 Å². The molecule has 5 heteroatoms. The molecule has 2 atom stereocenters. The molecule has 0 aromatic carbocycles. The van der Waals surface area contributed by atoms with Gasteiger partial charge in [-0.2, -0.15) is 0 Å². The van der Waals surface area contributed by atoms with Gasteiger partial charge in [0.2, 0.25) is 0 Å². The number of likely N-dealkylation sites (tertiary alicyclic amines) is 1. The third-order valence-electron chi connectivity index (χ3n) is 3.57. The van der Waals surface area contributed by atoms with Gasteiger partial charge in [-0.3, -0.25) is 9.69 Å². The van der Waals surface area contributed by atoms with E-state index in [9.17, 15) is 4.79 Å². The van der Waals surface area contributed by atoms with Crippen molar-refractivity contribution in [3.8, 4) is 0 Å². The van der Waals surface area contributed by atoms with Gasteiger partial charge in [-0.25, -0.2) is 4.98 Å². The number of nitrogens with zero attached hydrogens (tertiary/aromatic N) is 3. The summed E-state index contributed by atoms with van der Waals surface area (Å²) in [6.07, 6.45) is 7.08. The lowest BCUT2D eigenvalue weighted by atomic mass is 9.92. The predicted octanol–water partition coefficient (Wildman–Crippen LogP) is 1.07. The summed E-state index contributed by atoms with van der Waals surface area (Å²) in [6.45, 7) is 4.88. The van der Waals surface area contributed by atoms with Gasteiger partial charge in [0.15, 0.2) is 0 Å². The molecule has 2 unspecified atom stereocenters. The van der Waals surface area contributed by atoms with Crippen molar-refractivity contribution in [1.29, 1.82) is 0 Å². The van der Waals surface area contributed by atoms with Crippen molar-refractivity contribution in [2.45, 2.75) is 32.4 Å². The van der Waals surface area contributed by atoms with Crippen LogP contribution in [-0.4, -0.2) is 44.7 Å². The average molecular weight is 237 g/mol. The third-order valence-corrected chi connectivity index (χ3v) is 3.57. The second-order valence-corrected chi connectivity index (χ2v) is 4.75. The number of hydrogen-bond acceptors (Lipinski definition) is 3. The van der Waals surface area contributed by atoms with E-state index in [1.807, 2.05) is 12.5 Å². The van der Waals surface area contributed by atoms with Crippen LogP contribution in [0.15, 0.2) is 18.7 Å². The Morgan fingerprint density at radius 1 is 1.53 bits per heavy atom. The van der Waals surface area contributed by atoms with Crippen LogP contribution in [0.1, 0.15) is 19.8 Å². The molecule has 0 aliphatic carbocycles. The molecule has 5 nitrogen and oxygen atoms in total. The second-order valence-electron chi connectivity index (χ2n) is 4.75. The van der Waals surface area contributed by atoms with E-state index in [2.05, 4.69) is 21.4 Å². The van der Waals surface area contributed by atoms with Gasteiger partial charge in [0, 0.05) is 31.5 Å². The molecule has 1 aromatic rings. The van der Waals surface area contributed by atoms with Crippen molar-refractivity contribution in [3.05, 3.63) is 18.7 Å². The molecule has 94 valence electrons. The summed E-state index contributed by atoms with van der Waals surface area (Å²) in [5.74, 6) is -0.805. The van der Waals surface area contributed by atoms with Gasteiger partial charge >= 0.3 is 5.97 Å². The zero-order chi connectivity index (χ0) is 12.3. The van der Waals surface area contributed by atoms with Crippen LogP contribution in [0.2, 0.25) is 0 Å². The Kier molecular flexibility index (Phi) is 3.78. The zero-order valence-electron chi connectivity index (χ0n) is 10.1. The highest BCUT2D eigenvalue weighted by molar-refractivity contribution is 5.70. The lowest BCUT2D eigenvalue weighted by Gasteiger charge is -2.36. The molecule has 1 aliphatic rings. The van der Waals surface area contributed by atoms with Crippen molar-refractivity contribution >= 4 is 5.97 Å². The molecule has 0 bridgehead atoms.